The molecule has 2 N–H and O–H groups in total. The molecule has 2 nitrogen and oxygen atoms in total. The van der Waals surface area contributed by atoms with Crippen molar-refractivity contribution in [3.05, 3.63) is 71.8 Å². The first kappa shape index (κ1) is 12.5. The Labute approximate surface area is 112 Å². The van der Waals surface area contributed by atoms with Crippen molar-refractivity contribution in [1.29, 1.82) is 0 Å². The Kier molecular flexibility index (Phi) is 4.20. The van der Waals surface area contributed by atoms with Gasteiger partial charge in [-0.2, -0.15) is 0 Å². The van der Waals surface area contributed by atoms with Crippen molar-refractivity contribution in [3.8, 4) is 0 Å². The molecule has 18 heavy (non-hydrogen) atoms. The maximum atomic E-state index is 5.91. The van der Waals surface area contributed by atoms with Gasteiger partial charge >= 0.3 is 0 Å². The van der Waals surface area contributed by atoms with E-state index in [-0.39, 0.29) is 0 Å². The highest BCUT2D eigenvalue weighted by Crippen LogP contribution is 2.04. The van der Waals surface area contributed by atoms with Crippen molar-refractivity contribution in [2.75, 3.05) is 0 Å². The molecule has 2 aromatic carbocycles. The number of nitrogens with zero attached hydrogens (tertiary/aromatic N) is 1. The molecule has 0 atom stereocenters. The first-order valence-electron chi connectivity index (χ1n) is 5.72. The Morgan fingerprint density at radius 2 is 1.50 bits per heavy atom. The second-order valence-electron chi connectivity index (χ2n) is 3.94. The molecule has 0 spiro atoms. The zero-order chi connectivity index (χ0) is 12.8. The van der Waals surface area contributed by atoms with E-state index in [1.165, 1.54) is 0 Å². The largest absolute Gasteiger partial charge is 0.387 e. The molecule has 0 aliphatic rings. The summed E-state index contributed by atoms with van der Waals surface area (Å²) in [6.07, 6.45) is 0.619. The fourth-order valence-corrected chi connectivity index (χ4v) is 1.87. The highest BCUT2D eigenvalue weighted by Gasteiger charge is 2.01. The van der Waals surface area contributed by atoms with Crippen LogP contribution in [0, 0.1) is 0 Å². The summed E-state index contributed by atoms with van der Waals surface area (Å²) in [5.74, 6) is 0.537. The minimum absolute atomic E-state index is 0.532. The van der Waals surface area contributed by atoms with E-state index < -0.39 is 0 Å². The normalized spacial score (nSPS) is 11.2. The molecule has 3 heteroatoms. The molecular formula is C15H14N2S. The Hall–Kier alpha value is -2.00. The maximum Gasteiger partial charge on any atom is 0.135 e. The van der Waals surface area contributed by atoms with E-state index in [4.69, 9.17) is 18.0 Å². The van der Waals surface area contributed by atoms with Gasteiger partial charge in [-0.1, -0.05) is 72.9 Å². The van der Waals surface area contributed by atoms with Gasteiger partial charge in [-0.05, 0) is 5.56 Å². The fourth-order valence-electron chi connectivity index (χ4n) is 1.62. The summed E-state index contributed by atoms with van der Waals surface area (Å²) in [6.45, 7) is 0. The van der Waals surface area contributed by atoms with Gasteiger partial charge in [0.15, 0.2) is 0 Å². The number of hydrogen-bond acceptors (Lipinski definition) is 1. The molecule has 0 aromatic heterocycles. The summed E-state index contributed by atoms with van der Waals surface area (Å²) in [5, 5.41) is 0. The monoisotopic (exact) mass is 254 g/mol. The third-order valence-corrected chi connectivity index (χ3v) is 2.82. The number of nitrogens with two attached hydrogens (primary N) is 1. The Morgan fingerprint density at radius 3 is 2.11 bits per heavy atom. The summed E-state index contributed by atoms with van der Waals surface area (Å²) < 4.78 is 0. The summed E-state index contributed by atoms with van der Waals surface area (Å²) in [7, 11) is 0. The second-order valence-corrected chi connectivity index (χ2v) is 4.32. The van der Waals surface area contributed by atoms with Crippen LogP contribution >= 0.6 is 12.2 Å². The average Bonchev–Trinajstić information content (AvgIpc) is 2.40. The molecule has 0 heterocycles. The first-order chi connectivity index (χ1) is 8.75. The molecule has 90 valence electrons. The van der Waals surface area contributed by atoms with Crippen molar-refractivity contribution in [1.82, 2.24) is 0 Å². The fraction of sp³-hybridized carbons (Fsp3) is 0.0667. The zero-order valence-electron chi connectivity index (χ0n) is 9.91. The lowest BCUT2D eigenvalue weighted by Crippen LogP contribution is -2.17. The minimum atomic E-state index is 0.532. The molecule has 0 saturated carbocycles. The first-order valence-corrected chi connectivity index (χ1v) is 6.13. The lowest BCUT2D eigenvalue weighted by molar-refractivity contribution is 1.29. The van der Waals surface area contributed by atoms with Crippen LogP contribution in [-0.4, -0.2) is 10.8 Å². The van der Waals surface area contributed by atoms with E-state index >= 15 is 0 Å². The lowest BCUT2D eigenvalue weighted by Gasteiger charge is -2.02. The number of rotatable bonds is 3. The van der Waals surface area contributed by atoms with Crippen molar-refractivity contribution in [2.24, 2.45) is 10.7 Å². The Balaban J connectivity index is 2.07. The van der Waals surface area contributed by atoms with Gasteiger partial charge in [-0.15, -0.1) is 0 Å². The van der Waals surface area contributed by atoms with Crippen molar-refractivity contribution >= 4 is 23.0 Å². The van der Waals surface area contributed by atoms with Crippen LogP contribution in [0.2, 0.25) is 0 Å². The number of amidine groups is 1. The minimum Gasteiger partial charge on any atom is -0.387 e. The van der Waals surface area contributed by atoms with Crippen molar-refractivity contribution < 1.29 is 0 Å². The van der Waals surface area contributed by atoms with E-state index in [1.807, 2.05) is 60.7 Å². The van der Waals surface area contributed by atoms with Gasteiger partial charge in [0, 0.05) is 12.0 Å². The van der Waals surface area contributed by atoms with Gasteiger partial charge in [0.2, 0.25) is 0 Å². The van der Waals surface area contributed by atoms with Gasteiger partial charge in [-0.25, -0.2) is 4.99 Å². The third kappa shape index (κ3) is 3.50. The van der Waals surface area contributed by atoms with E-state index in [9.17, 15) is 0 Å². The van der Waals surface area contributed by atoms with E-state index in [2.05, 4.69) is 4.99 Å². The molecule has 0 unspecified atom stereocenters. The summed E-state index contributed by atoms with van der Waals surface area (Å²) in [6, 6.07) is 19.7. The smallest absolute Gasteiger partial charge is 0.135 e. The quantitative estimate of drug-likeness (QED) is 0.519. The van der Waals surface area contributed by atoms with E-state index in [1.54, 1.807) is 0 Å². The summed E-state index contributed by atoms with van der Waals surface area (Å²) in [4.78, 5) is 4.80. The molecule has 0 aliphatic carbocycles. The van der Waals surface area contributed by atoms with Gasteiger partial charge in [0.25, 0.3) is 0 Å². The number of hydrogen-bond donors (Lipinski definition) is 1. The van der Waals surface area contributed by atoms with Crippen LogP contribution in [0.25, 0.3) is 0 Å². The van der Waals surface area contributed by atoms with Crippen molar-refractivity contribution in [2.45, 2.75) is 6.42 Å². The summed E-state index contributed by atoms with van der Waals surface area (Å²) in [5.41, 5.74) is 7.96. The molecule has 0 fully saturated rings. The molecule has 0 radical (unpaired) electrons. The Bertz CT molecular complexity index is 547. The summed E-state index contributed by atoms with van der Waals surface area (Å²) >= 11 is 5.25. The molecule has 0 amide bonds. The van der Waals surface area contributed by atoms with Gasteiger partial charge in [0.1, 0.15) is 10.8 Å². The average molecular weight is 254 g/mol. The predicted molar refractivity (Wildman–Crippen MR) is 79.9 cm³/mol. The zero-order valence-corrected chi connectivity index (χ0v) is 10.7. The van der Waals surface area contributed by atoms with E-state index in [0.29, 0.717) is 17.2 Å². The van der Waals surface area contributed by atoms with Crippen LogP contribution in [0.15, 0.2) is 65.7 Å². The molecule has 2 aromatic rings. The van der Waals surface area contributed by atoms with Crippen LogP contribution in [0.3, 0.4) is 0 Å². The van der Waals surface area contributed by atoms with Gasteiger partial charge in [-0.3, -0.25) is 0 Å². The predicted octanol–water partition coefficient (Wildman–Crippen LogP) is 2.96. The molecule has 0 saturated heterocycles. The van der Waals surface area contributed by atoms with Crippen LogP contribution < -0.4 is 5.73 Å². The number of thiocarbonyl (C=S) groups is 1. The SMILES string of the molecule is NC(Cc1ccccc1)=NC(=S)c1ccccc1. The number of benzene rings is 2. The van der Waals surface area contributed by atoms with Gasteiger partial charge in [0.05, 0.1) is 0 Å². The van der Waals surface area contributed by atoms with E-state index in [0.717, 1.165) is 11.1 Å². The molecule has 0 bridgehead atoms. The van der Waals surface area contributed by atoms with Gasteiger partial charge < -0.3 is 5.73 Å². The molecule has 2 rings (SSSR count). The lowest BCUT2D eigenvalue weighted by atomic mass is 10.1. The Morgan fingerprint density at radius 1 is 0.944 bits per heavy atom. The van der Waals surface area contributed by atoms with Crippen LogP contribution in [-0.2, 0) is 6.42 Å². The topological polar surface area (TPSA) is 38.4 Å². The highest BCUT2D eigenvalue weighted by atomic mass is 32.1. The third-order valence-electron chi connectivity index (χ3n) is 2.49. The standard InChI is InChI=1S/C15H14N2S/c16-14(11-12-7-3-1-4-8-12)17-15(18)13-9-5-2-6-10-13/h1-10H,11H2,(H2,16,17,18). The highest BCUT2D eigenvalue weighted by molar-refractivity contribution is 7.80. The maximum absolute atomic E-state index is 5.91. The molecular weight excluding hydrogens is 240 g/mol. The van der Waals surface area contributed by atoms with Crippen molar-refractivity contribution in [3.63, 3.8) is 0 Å². The van der Waals surface area contributed by atoms with Crippen LogP contribution in [0.1, 0.15) is 11.1 Å². The van der Waals surface area contributed by atoms with Crippen LogP contribution in [0.5, 0.6) is 0 Å². The second kappa shape index (κ2) is 6.07. The number of aliphatic imine (C=N–C) groups is 1. The molecule has 0 aliphatic heterocycles. The van der Waals surface area contributed by atoms with Crippen LogP contribution in [0.4, 0.5) is 0 Å².